The number of rotatable bonds is 3. The van der Waals surface area contributed by atoms with E-state index in [4.69, 9.17) is 4.74 Å². The van der Waals surface area contributed by atoms with Crippen molar-refractivity contribution in [1.29, 1.82) is 0 Å². The van der Waals surface area contributed by atoms with Crippen LogP contribution in [0.25, 0.3) is 0 Å². The molecule has 1 heterocycles. The summed E-state index contributed by atoms with van der Waals surface area (Å²) < 4.78 is 6.36. The lowest BCUT2D eigenvalue weighted by atomic mass is 9.55. The average molecular weight is 235 g/mol. The van der Waals surface area contributed by atoms with E-state index in [9.17, 15) is 0 Å². The molecule has 1 N–H and O–H groups in total. The smallest absolute Gasteiger partial charge is 0.0631 e. The molecule has 4 aliphatic carbocycles. The Bertz CT molecular complexity index is 257. The maximum atomic E-state index is 6.36. The highest BCUT2D eigenvalue weighted by atomic mass is 16.5. The molecule has 5 aliphatic rings. The van der Waals surface area contributed by atoms with Gasteiger partial charge in [0.25, 0.3) is 0 Å². The standard InChI is InChI=1S/C15H25NO/c1-2-16-8-10(1)9-17-15-13-4-11-3-12(6-13)7-14(15)5-11/h10-16H,1-9H2. The molecule has 17 heavy (non-hydrogen) atoms. The summed E-state index contributed by atoms with van der Waals surface area (Å²) in [6, 6.07) is 0. The van der Waals surface area contributed by atoms with E-state index in [0.717, 1.165) is 36.2 Å². The zero-order valence-electron chi connectivity index (χ0n) is 10.7. The van der Waals surface area contributed by atoms with E-state index in [2.05, 4.69) is 5.32 Å². The first-order valence-corrected chi connectivity index (χ1v) is 7.71. The predicted molar refractivity (Wildman–Crippen MR) is 67.8 cm³/mol. The molecule has 5 rings (SSSR count). The largest absolute Gasteiger partial charge is 0.377 e. The Kier molecular flexibility index (Phi) is 2.69. The van der Waals surface area contributed by atoms with Gasteiger partial charge in [0.2, 0.25) is 0 Å². The van der Waals surface area contributed by atoms with E-state index in [1.165, 1.54) is 45.2 Å². The minimum atomic E-state index is 0.642. The van der Waals surface area contributed by atoms with Crippen LogP contribution in [0, 0.1) is 29.6 Å². The lowest BCUT2D eigenvalue weighted by Gasteiger charge is -2.54. The number of hydrogen-bond acceptors (Lipinski definition) is 2. The number of ether oxygens (including phenoxy) is 1. The summed E-state index contributed by atoms with van der Waals surface area (Å²) in [6.07, 6.45) is 9.46. The van der Waals surface area contributed by atoms with Crippen LogP contribution in [0.15, 0.2) is 0 Å². The third-order valence-corrected chi connectivity index (χ3v) is 5.83. The van der Waals surface area contributed by atoms with E-state index >= 15 is 0 Å². The van der Waals surface area contributed by atoms with Gasteiger partial charge in [-0.25, -0.2) is 0 Å². The lowest BCUT2D eigenvalue weighted by Crippen LogP contribution is -2.49. The fraction of sp³-hybridized carbons (Fsp3) is 1.00. The van der Waals surface area contributed by atoms with Crippen LogP contribution in [0.2, 0.25) is 0 Å². The van der Waals surface area contributed by atoms with Gasteiger partial charge in [0, 0.05) is 6.54 Å². The third kappa shape index (κ3) is 1.94. The van der Waals surface area contributed by atoms with Gasteiger partial charge in [0.1, 0.15) is 0 Å². The molecule has 1 saturated heterocycles. The van der Waals surface area contributed by atoms with Crippen molar-refractivity contribution in [2.24, 2.45) is 29.6 Å². The van der Waals surface area contributed by atoms with E-state index in [0.29, 0.717) is 6.10 Å². The lowest BCUT2D eigenvalue weighted by molar-refractivity contribution is -0.131. The summed E-state index contributed by atoms with van der Waals surface area (Å²) in [4.78, 5) is 0. The highest BCUT2D eigenvalue weighted by molar-refractivity contribution is 4.99. The van der Waals surface area contributed by atoms with Gasteiger partial charge in [-0.3, -0.25) is 0 Å². The molecule has 0 aromatic rings. The molecule has 0 amide bonds. The van der Waals surface area contributed by atoms with Gasteiger partial charge in [-0.2, -0.15) is 0 Å². The summed E-state index contributed by atoms with van der Waals surface area (Å²) in [5.41, 5.74) is 0. The van der Waals surface area contributed by atoms with Crippen molar-refractivity contribution >= 4 is 0 Å². The van der Waals surface area contributed by atoms with Crippen LogP contribution in [-0.4, -0.2) is 25.8 Å². The van der Waals surface area contributed by atoms with E-state index in [-0.39, 0.29) is 0 Å². The van der Waals surface area contributed by atoms with E-state index in [1.807, 2.05) is 0 Å². The molecule has 0 aromatic heterocycles. The monoisotopic (exact) mass is 235 g/mol. The fourth-order valence-electron chi connectivity index (χ4n) is 5.25. The second-order valence-corrected chi connectivity index (χ2v) is 7.09. The SMILES string of the molecule is C1CC(COC2C3CC4CC(C3)CC2C4)CN1. The minimum Gasteiger partial charge on any atom is -0.377 e. The van der Waals surface area contributed by atoms with Crippen molar-refractivity contribution in [3.8, 4) is 0 Å². The Morgan fingerprint density at radius 1 is 0.941 bits per heavy atom. The Labute approximate surface area is 104 Å². The number of nitrogens with one attached hydrogen (secondary N) is 1. The van der Waals surface area contributed by atoms with Crippen LogP contribution < -0.4 is 5.32 Å². The van der Waals surface area contributed by atoms with Crippen molar-refractivity contribution in [1.82, 2.24) is 5.32 Å². The van der Waals surface area contributed by atoms with Gasteiger partial charge in [0.05, 0.1) is 12.7 Å². The van der Waals surface area contributed by atoms with E-state index in [1.54, 1.807) is 6.42 Å². The van der Waals surface area contributed by atoms with Gasteiger partial charge < -0.3 is 10.1 Å². The first-order valence-electron chi connectivity index (χ1n) is 7.71. The molecule has 4 saturated carbocycles. The minimum absolute atomic E-state index is 0.642. The topological polar surface area (TPSA) is 21.3 Å². The molecule has 4 bridgehead atoms. The van der Waals surface area contributed by atoms with Crippen LogP contribution in [0.4, 0.5) is 0 Å². The zero-order valence-corrected chi connectivity index (χ0v) is 10.7. The summed E-state index contributed by atoms with van der Waals surface area (Å²) >= 11 is 0. The maximum absolute atomic E-state index is 6.36. The van der Waals surface area contributed by atoms with Crippen LogP contribution in [0.5, 0.6) is 0 Å². The zero-order chi connectivity index (χ0) is 11.2. The molecule has 1 aliphatic heterocycles. The van der Waals surface area contributed by atoms with Gasteiger partial charge in [0.15, 0.2) is 0 Å². The summed E-state index contributed by atoms with van der Waals surface area (Å²) in [6.45, 7) is 3.42. The normalized spacial score (nSPS) is 52.2. The highest BCUT2D eigenvalue weighted by Gasteiger charge is 2.48. The van der Waals surface area contributed by atoms with Crippen LogP contribution in [0.3, 0.4) is 0 Å². The molecule has 2 nitrogen and oxygen atoms in total. The van der Waals surface area contributed by atoms with Crippen molar-refractivity contribution in [3.63, 3.8) is 0 Å². The van der Waals surface area contributed by atoms with Gasteiger partial charge in [-0.15, -0.1) is 0 Å². The maximum Gasteiger partial charge on any atom is 0.0631 e. The summed E-state index contributed by atoms with van der Waals surface area (Å²) in [5, 5.41) is 3.44. The highest BCUT2D eigenvalue weighted by Crippen LogP contribution is 2.54. The van der Waals surface area contributed by atoms with Gasteiger partial charge >= 0.3 is 0 Å². The molecule has 1 atom stereocenters. The van der Waals surface area contributed by atoms with Crippen LogP contribution >= 0.6 is 0 Å². The molecule has 1 unspecified atom stereocenters. The number of hydrogen-bond donors (Lipinski definition) is 1. The quantitative estimate of drug-likeness (QED) is 0.811. The first-order chi connectivity index (χ1) is 8.38. The Morgan fingerprint density at radius 3 is 2.24 bits per heavy atom. The summed E-state index contributed by atoms with van der Waals surface area (Å²) in [7, 11) is 0. The molecule has 0 aromatic carbocycles. The van der Waals surface area contributed by atoms with Crippen LogP contribution in [0.1, 0.15) is 38.5 Å². The Morgan fingerprint density at radius 2 is 1.65 bits per heavy atom. The molecule has 5 fully saturated rings. The van der Waals surface area contributed by atoms with Gasteiger partial charge in [-0.05, 0) is 74.7 Å². The van der Waals surface area contributed by atoms with Crippen molar-refractivity contribution in [2.75, 3.05) is 19.7 Å². The molecule has 0 radical (unpaired) electrons. The first kappa shape index (κ1) is 10.8. The van der Waals surface area contributed by atoms with Crippen molar-refractivity contribution < 1.29 is 4.74 Å². The van der Waals surface area contributed by atoms with Crippen molar-refractivity contribution in [2.45, 2.75) is 44.6 Å². The molecule has 96 valence electrons. The second kappa shape index (κ2) is 4.24. The molecule has 2 heteroatoms. The molecular formula is C15H25NO. The average Bonchev–Trinajstić information content (AvgIpc) is 2.80. The van der Waals surface area contributed by atoms with Gasteiger partial charge in [-0.1, -0.05) is 0 Å². The third-order valence-electron chi connectivity index (χ3n) is 5.83. The fourth-order valence-corrected chi connectivity index (χ4v) is 5.25. The molecular weight excluding hydrogens is 210 g/mol. The van der Waals surface area contributed by atoms with Crippen molar-refractivity contribution in [3.05, 3.63) is 0 Å². The Hall–Kier alpha value is -0.0800. The molecule has 0 spiro atoms. The van der Waals surface area contributed by atoms with Crippen LogP contribution in [-0.2, 0) is 4.74 Å². The van der Waals surface area contributed by atoms with E-state index < -0.39 is 0 Å². The second-order valence-electron chi connectivity index (χ2n) is 7.09. The summed E-state index contributed by atoms with van der Waals surface area (Å²) in [5.74, 6) is 4.81. The predicted octanol–water partition coefficient (Wildman–Crippen LogP) is 2.44. The Balaban J connectivity index is 1.37.